The van der Waals surface area contributed by atoms with E-state index in [2.05, 4.69) is 9.88 Å². The number of aliphatic hydroxyl groups is 1. The highest BCUT2D eigenvalue weighted by atomic mass is 35.5. The molecule has 3 heterocycles. The number of benzene rings is 1. The number of amides is 1. The van der Waals surface area contributed by atoms with Crippen LogP contribution in [-0.4, -0.2) is 59.2 Å². The van der Waals surface area contributed by atoms with Crippen LogP contribution < -0.4 is 10.6 Å². The predicted octanol–water partition coefficient (Wildman–Crippen LogP) is 2.46. The van der Waals surface area contributed by atoms with Crippen LogP contribution in [0.4, 0.5) is 6.01 Å². The number of aliphatic hydroxyl groups excluding tert-OH is 1. The average molecular weight is 452 g/mol. The molecule has 0 radical (unpaired) electrons. The number of piperidine rings is 2. The number of rotatable bonds is 2. The molecule has 0 saturated carbocycles. The van der Waals surface area contributed by atoms with E-state index in [-0.39, 0.29) is 42.7 Å². The fourth-order valence-corrected chi connectivity index (χ4v) is 4.05. The van der Waals surface area contributed by atoms with Gasteiger partial charge in [0.25, 0.3) is 6.01 Å². The van der Waals surface area contributed by atoms with E-state index in [1.807, 2.05) is 6.07 Å². The maximum Gasteiger partial charge on any atom is 0.298 e. The zero-order valence-electron chi connectivity index (χ0n) is 15.3. The van der Waals surface area contributed by atoms with E-state index >= 15 is 0 Å². The average Bonchev–Trinajstić information content (AvgIpc) is 3.03. The fourth-order valence-electron chi connectivity index (χ4n) is 3.89. The molecule has 10 heteroatoms. The minimum Gasteiger partial charge on any atom is -0.423 e. The Balaban J connectivity index is 0.00000140. The van der Waals surface area contributed by atoms with E-state index in [0.717, 1.165) is 18.4 Å². The number of oxazole rings is 1. The summed E-state index contributed by atoms with van der Waals surface area (Å²) >= 11 is 5.99. The summed E-state index contributed by atoms with van der Waals surface area (Å²) < 4.78 is 5.81. The van der Waals surface area contributed by atoms with Crippen LogP contribution in [0.2, 0.25) is 5.02 Å². The minimum atomic E-state index is -0.519. The molecule has 2 aliphatic rings. The van der Waals surface area contributed by atoms with Crippen LogP contribution in [0, 0.1) is 5.92 Å². The monoisotopic (exact) mass is 450 g/mol. The number of carbonyl (C=O) groups is 1. The second-order valence-electron chi connectivity index (χ2n) is 7.26. The molecular weight excluding hydrogens is 427 g/mol. The summed E-state index contributed by atoms with van der Waals surface area (Å²) in [5.41, 5.74) is 7.38. The summed E-state index contributed by atoms with van der Waals surface area (Å²) in [6.45, 7) is 2.33. The molecule has 2 saturated heterocycles. The highest BCUT2D eigenvalue weighted by Crippen LogP contribution is 2.29. The number of β-amino-alcohol motifs (C(OH)–C–C–N with tert-alkyl or cyclic N) is 1. The largest absolute Gasteiger partial charge is 0.423 e. The quantitative estimate of drug-likeness (QED) is 0.728. The Morgan fingerprint density at radius 3 is 2.64 bits per heavy atom. The van der Waals surface area contributed by atoms with Crippen molar-refractivity contribution in [3.05, 3.63) is 23.2 Å². The highest BCUT2D eigenvalue weighted by molar-refractivity contribution is 6.31. The van der Waals surface area contributed by atoms with Crippen molar-refractivity contribution in [2.24, 2.45) is 11.7 Å². The van der Waals surface area contributed by atoms with Gasteiger partial charge >= 0.3 is 0 Å². The van der Waals surface area contributed by atoms with Gasteiger partial charge in [-0.15, -0.1) is 24.8 Å². The third kappa shape index (κ3) is 4.83. The van der Waals surface area contributed by atoms with Gasteiger partial charge < -0.3 is 25.1 Å². The third-order valence-electron chi connectivity index (χ3n) is 5.23. The Kier molecular flexibility index (Phi) is 7.81. The van der Waals surface area contributed by atoms with Crippen molar-refractivity contribution in [3.8, 4) is 0 Å². The molecule has 28 heavy (non-hydrogen) atoms. The van der Waals surface area contributed by atoms with Gasteiger partial charge in [0.1, 0.15) is 5.52 Å². The van der Waals surface area contributed by atoms with Crippen molar-refractivity contribution in [2.45, 2.75) is 31.4 Å². The molecule has 4 rings (SSSR count). The molecule has 156 valence electrons. The van der Waals surface area contributed by atoms with Crippen molar-refractivity contribution >= 4 is 59.4 Å². The lowest BCUT2D eigenvalue weighted by molar-refractivity contribution is -0.139. The van der Waals surface area contributed by atoms with Crippen molar-refractivity contribution in [1.82, 2.24) is 9.88 Å². The molecule has 1 amide bonds. The first kappa shape index (κ1) is 23.0. The molecule has 7 nitrogen and oxygen atoms in total. The number of fused-ring (bicyclic) bond motifs is 1. The van der Waals surface area contributed by atoms with Crippen molar-refractivity contribution in [1.29, 1.82) is 0 Å². The molecule has 2 aromatic rings. The third-order valence-corrected chi connectivity index (χ3v) is 5.46. The lowest BCUT2D eigenvalue weighted by Crippen LogP contribution is -2.53. The molecule has 0 unspecified atom stereocenters. The smallest absolute Gasteiger partial charge is 0.298 e. The Morgan fingerprint density at radius 1 is 1.25 bits per heavy atom. The molecule has 1 aromatic carbocycles. The van der Waals surface area contributed by atoms with Crippen LogP contribution in [-0.2, 0) is 4.79 Å². The summed E-state index contributed by atoms with van der Waals surface area (Å²) in [5.74, 6) is 0.0609. The Hall–Kier alpha value is -1.25. The topological polar surface area (TPSA) is 95.8 Å². The van der Waals surface area contributed by atoms with E-state index in [0.29, 0.717) is 49.2 Å². The Morgan fingerprint density at radius 2 is 1.96 bits per heavy atom. The number of halogens is 3. The molecular formula is C18H25Cl3N4O3. The molecule has 2 fully saturated rings. The van der Waals surface area contributed by atoms with E-state index < -0.39 is 6.10 Å². The normalized spacial score (nSPS) is 23.2. The van der Waals surface area contributed by atoms with Gasteiger partial charge in [-0.25, -0.2) is 0 Å². The number of nitrogens with two attached hydrogens (primary N) is 1. The van der Waals surface area contributed by atoms with Crippen LogP contribution in [0.5, 0.6) is 0 Å². The molecule has 2 atom stereocenters. The van der Waals surface area contributed by atoms with Crippen molar-refractivity contribution in [3.63, 3.8) is 0 Å². The maximum absolute atomic E-state index is 12.8. The van der Waals surface area contributed by atoms with Gasteiger partial charge in [-0.1, -0.05) is 11.6 Å². The van der Waals surface area contributed by atoms with Gasteiger partial charge in [0.05, 0.1) is 6.10 Å². The van der Waals surface area contributed by atoms with Gasteiger partial charge in [0, 0.05) is 49.2 Å². The standard InChI is InChI=1S/C18H23ClN4O3.2ClH/c19-12-1-2-15-16(7-12)26-18(21-15)22-5-3-11(4-6-22)17(25)23-9-13(20)8-14(24)10-23;;/h1-2,7,11,13-14,24H,3-6,8-10,20H2;2*1H/t13-,14+;;/m0../s1. The van der Waals surface area contributed by atoms with Gasteiger partial charge in [-0.2, -0.15) is 4.98 Å². The van der Waals surface area contributed by atoms with Crippen molar-refractivity contribution < 1.29 is 14.3 Å². The highest BCUT2D eigenvalue weighted by Gasteiger charge is 2.33. The summed E-state index contributed by atoms with van der Waals surface area (Å²) in [4.78, 5) is 21.1. The molecule has 3 N–H and O–H groups in total. The molecule has 0 aliphatic carbocycles. The first-order chi connectivity index (χ1) is 12.5. The number of likely N-dealkylation sites (tertiary alicyclic amines) is 1. The second-order valence-corrected chi connectivity index (χ2v) is 7.70. The van der Waals surface area contributed by atoms with Crippen molar-refractivity contribution in [2.75, 3.05) is 31.1 Å². The van der Waals surface area contributed by atoms with Gasteiger partial charge in [0.15, 0.2) is 5.58 Å². The first-order valence-corrected chi connectivity index (χ1v) is 9.41. The predicted molar refractivity (Wildman–Crippen MR) is 114 cm³/mol. The van der Waals surface area contributed by atoms with E-state index in [9.17, 15) is 9.90 Å². The summed E-state index contributed by atoms with van der Waals surface area (Å²) in [7, 11) is 0. The van der Waals surface area contributed by atoms with Crippen LogP contribution in [0.15, 0.2) is 22.6 Å². The second kappa shape index (κ2) is 9.50. The summed E-state index contributed by atoms with van der Waals surface area (Å²) in [6.07, 6.45) is 1.51. The van der Waals surface area contributed by atoms with E-state index in [4.69, 9.17) is 21.8 Å². The van der Waals surface area contributed by atoms with E-state index in [1.165, 1.54) is 0 Å². The maximum atomic E-state index is 12.8. The SMILES string of the molecule is Cl.Cl.N[C@H]1C[C@@H](O)CN(C(=O)C2CCN(c3nc4ccc(Cl)cc4o3)CC2)C1. The molecule has 1 aromatic heterocycles. The van der Waals surface area contributed by atoms with Gasteiger partial charge in [0.2, 0.25) is 5.91 Å². The number of nitrogens with zero attached hydrogens (tertiary/aromatic N) is 3. The number of anilines is 1. The summed E-state index contributed by atoms with van der Waals surface area (Å²) in [5, 5.41) is 10.5. The van der Waals surface area contributed by atoms with Crippen LogP contribution in [0.1, 0.15) is 19.3 Å². The number of hydrogen-bond donors (Lipinski definition) is 2. The molecule has 2 aliphatic heterocycles. The number of aromatic nitrogens is 1. The lowest BCUT2D eigenvalue weighted by atomic mass is 9.93. The first-order valence-electron chi connectivity index (χ1n) is 9.03. The fraction of sp³-hybridized carbons (Fsp3) is 0.556. The zero-order valence-corrected chi connectivity index (χ0v) is 17.7. The number of carbonyl (C=O) groups excluding carboxylic acids is 1. The van der Waals surface area contributed by atoms with Crippen LogP contribution in [0.3, 0.4) is 0 Å². The Labute approximate surface area is 181 Å². The molecule has 0 spiro atoms. The zero-order chi connectivity index (χ0) is 18.3. The van der Waals surface area contributed by atoms with Crippen LogP contribution in [0.25, 0.3) is 11.1 Å². The van der Waals surface area contributed by atoms with Gasteiger partial charge in [-0.3, -0.25) is 4.79 Å². The summed E-state index contributed by atoms with van der Waals surface area (Å²) in [6, 6.07) is 5.82. The van der Waals surface area contributed by atoms with E-state index in [1.54, 1.807) is 17.0 Å². The van der Waals surface area contributed by atoms with Gasteiger partial charge in [-0.05, 0) is 31.4 Å². The lowest BCUT2D eigenvalue weighted by Gasteiger charge is -2.38. The number of hydrogen-bond acceptors (Lipinski definition) is 6. The Bertz CT molecular complexity index is 800. The minimum absolute atomic E-state index is 0. The molecule has 0 bridgehead atoms. The van der Waals surface area contributed by atoms with Crippen LogP contribution >= 0.6 is 36.4 Å².